The molecule has 0 bridgehead atoms. The average Bonchev–Trinajstić information content (AvgIpc) is 3.44. The Bertz CT molecular complexity index is 1540. The van der Waals surface area contributed by atoms with Gasteiger partial charge in [-0.15, -0.1) is 0 Å². The third-order valence-corrected chi connectivity index (χ3v) is 16.9. The summed E-state index contributed by atoms with van der Waals surface area (Å²) in [6.07, 6.45) is 78.0. The maximum atomic E-state index is 13.6. The lowest BCUT2D eigenvalue weighted by atomic mass is 10.0. The Morgan fingerprint density at radius 2 is 0.744 bits per heavy atom. The summed E-state index contributed by atoms with van der Waals surface area (Å²) in [4.78, 5) is 40.2. The molecule has 0 aliphatic rings. The monoisotopic (exact) mass is 1170 g/mol. The quantitative estimate of drug-likeness (QED) is 0.0212. The summed E-state index contributed by atoms with van der Waals surface area (Å²) in [5.74, 6) is -0.528. The van der Waals surface area contributed by atoms with Crippen molar-refractivity contribution >= 4 is 19.7 Å². The van der Waals surface area contributed by atoms with E-state index in [0.29, 0.717) is 17.4 Å². The number of allylic oxidation sites excluding steroid dienone is 7. The van der Waals surface area contributed by atoms with Gasteiger partial charge in [-0.1, -0.05) is 294 Å². The molecule has 0 heterocycles. The number of carbonyl (C=O) groups is 2. The number of hydrogen-bond acceptors (Lipinski definition) is 7. The Hall–Kier alpha value is -2.03. The van der Waals surface area contributed by atoms with Gasteiger partial charge in [0.05, 0.1) is 33.8 Å². The number of quaternary nitrogens is 1. The van der Waals surface area contributed by atoms with Crippen LogP contribution in [-0.2, 0) is 27.9 Å². The van der Waals surface area contributed by atoms with Gasteiger partial charge in [-0.25, -0.2) is 0 Å². The molecule has 1 N–H and O–H groups in total. The highest BCUT2D eigenvalue weighted by Gasteiger charge is 2.27. The van der Waals surface area contributed by atoms with Crippen LogP contribution >= 0.6 is 7.82 Å². The zero-order chi connectivity index (χ0) is 60.0. The van der Waals surface area contributed by atoms with Crippen LogP contribution in [0.4, 0.5) is 0 Å². The highest BCUT2D eigenvalue weighted by Crippen LogP contribution is 2.38. The molecule has 0 aromatic carbocycles. The van der Waals surface area contributed by atoms with Crippen molar-refractivity contribution in [3.63, 3.8) is 0 Å². The molecule has 0 saturated carbocycles. The van der Waals surface area contributed by atoms with Gasteiger partial charge in [-0.3, -0.25) is 14.2 Å². The number of nitrogens with one attached hydrogen (secondary N) is 1. The third kappa shape index (κ3) is 62.5. The van der Waals surface area contributed by atoms with Gasteiger partial charge in [-0.2, -0.15) is 0 Å². The first-order chi connectivity index (χ1) is 39.9. The zero-order valence-electron chi connectivity index (χ0n) is 55.2. The van der Waals surface area contributed by atoms with E-state index in [9.17, 15) is 19.0 Å². The normalized spacial score (nSPS) is 13.8. The molecule has 0 rings (SSSR count). The minimum absolute atomic E-state index is 0.0213. The maximum Gasteiger partial charge on any atom is 0.306 e. The van der Waals surface area contributed by atoms with Crippen LogP contribution in [0.3, 0.4) is 0 Å². The van der Waals surface area contributed by atoms with E-state index < -0.39 is 20.0 Å². The second kappa shape index (κ2) is 62.0. The van der Waals surface area contributed by atoms with Crippen molar-refractivity contribution in [3.05, 3.63) is 48.6 Å². The molecule has 0 spiro atoms. The van der Waals surface area contributed by atoms with Crippen molar-refractivity contribution in [2.75, 3.05) is 40.9 Å². The molecule has 10 heteroatoms. The fraction of sp³-hybridized carbons (Fsp3) is 0.861. The number of amides is 1. The van der Waals surface area contributed by atoms with Crippen molar-refractivity contribution in [3.8, 4) is 0 Å². The molecule has 82 heavy (non-hydrogen) atoms. The zero-order valence-corrected chi connectivity index (χ0v) is 56.1. The number of rotatable bonds is 65. The topological polar surface area (TPSA) is 114 Å². The molecule has 0 aliphatic carbocycles. The third-order valence-electron chi connectivity index (χ3n) is 16.0. The Balaban J connectivity index is 5.06. The van der Waals surface area contributed by atoms with Gasteiger partial charge in [0.25, 0.3) is 7.82 Å². The van der Waals surface area contributed by atoms with E-state index in [1.165, 1.54) is 250 Å². The SMILES string of the molecule is CCCCC/C=C\C/C=C\CCCCCCCCCCCCCC(=O)OC(/C=C/CCCCCCCCCCCC)C(COP(=O)([O-])OCC[N+](C)(C)C)NC(=O)CCCCCCCCCCCCCCC/C=C/CCCCCCCC. The summed E-state index contributed by atoms with van der Waals surface area (Å²) in [7, 11) is 1.20. The number of ether oxygens (including phenoxy) is 1. The van der Waals surface area contributed by atoms with E-state index in [1.807, 2.05) is 33.3 Å². The molecule has 3 atom stereocenters. The molecule has 0 aliphatic heterocycles. The summed E-state index contributed by atoms with van der Waals surface area (Å²) < 4.78 is 30.4. The van der Waals surface area contributed by atoms with Gasteiger partial charge < -0.3 is 28.5 Å². The first-order valence-corrected chi connectivity index (χ1v) is 36.9. The number of unbranched alkanes of at least 4 members (excludes halogenated alkanes) is 43. The van der Waals surface area contributed by atoms with Crippen LogP contribution in [0, 0.1) is 0 Å². The van der Waals surface area contributed by atoms with Crippen molar-refractivity contribution in [1.82, 2.24) is 5.32 Å². The van der Waals surface area contributed by atoms with Gasteiger partial charge in [-0.05, 0) is 89.5 Å². The molecular formula is C72H137N2O7P. The second-order valence-electron chi connectivity index (χ2n) is 25.4. The Morgan fingerprint density at radius 3 is 1.13 bits per heavy atom. The van der Waals surface area contributed by atoms with Crippen LogP contribution in [0.15, 0.2) is 48.6 Å². The minimum atomic E-state index is -4.70. The fourth-order valence-corrected chi connectivity index (χ4v) is 11.2. The smallest absolute Gasteiger partial charge is 0.306 e. The van der Waals surface area contributed by atoms with Crippen LogP contribution in [-0.4, -0.2) is 69.4 Å². The Labute approximate surface area is 509 Å². The predicted molar refractivity (Wildman–Crippen MR) is 353 cm³/mol. The van der Waals surface area contributed by atoms with Crippen LogP contribution in [0.1, 0.15) is 348 Å². The van der Waals surface area contributed by atoms with Crippen LogP contribution in [0.25, 0.3) is 0 Å². The van der Waals surface area contributed by atoms with E-state index in [-0.39, 0.29) is 31.5 Å². The van der Waals surface area contributed by atoms with Crippen molar-refractivity contribution in [2.24, 2.45) is 0 Å². The number of phosphoric ester groups is 1. The number of phosphoric acid groups is 1. The van der Waals surface area contributed by atoms with Gasteiger partial charge in [0, 0.05) is 12.8 Å². The maximum absolute atomic E-state index is 13.6. The molecule has 9 nitrogen and oxygen atoms in total. The van der Waals surface area contributed by atoms with Crippen molar-refractivity contribution in [1.29, 1.82) is 0 Å². The first kappa shape index (κ1) is 80.0. The van der Waals surface area contributed by atoms with Gasteiger partial charge in [0.1, 0.15) is 19.3 Å². The van der Waals surface area contributed by atoms with E-state index >= 15 is 0 Å². The summed E-state index contributed by atoms with van der Waals surface area (Å²) >= 11 is 0. The average molecular weight is 1170 g/mol. The number of likely N-dealkylation sites (N-methyl/N-ethyl adjacent to an activating group) is 1. The molecule has 0 aromatic rings. The Kier molecular flexibility index (Phi) is 60.5. The second-order valence-corrected chi connectivity index (χ2v) is 26.8. The molecule has 0 radical (unpaired) electrons. The number of nitrogens with zero attached hydrogens (tertiary/aromatic N) is 1. The summed E-state index contributed by atoms with van der Waals surface area (Å²) in [6.45, 7) is 6.86. The number of carbonyl (C=O) groups excluding carboxylic acids is 2. The van der Waals surface area contributed by atoms with Gasteiger partial charge in [0.2, 0.25) is 5.91 Å². The fourth-order valence-electron chi connectivity index (χ4n) is 10.5. The lowest BCUT2D eigenvalue weighted by molar-refractivity contribution is -0.870. The van der Waals surface area contributed by atoms with E-state index in [2.05, 4.69) is 62.5 Å². The first-order valence-electron chi connectivity index (χ1n) is 35.4. The van der Waals surface area contributed by atoms with Crippen LogP contribution in [0.5, 0.6) is 0 Å². The largest absolute Gasteiger partial charge is 0.756 e. The van der Waals surface area contributed by atoms with E-state index in [1.54, 1.807) is 0 Å². The minimum Gasteiger partial charge on any atom is -0.756 e. The Morgan fingerprint density at radius 1 is 0.427 bits per heavy atom. The summed E-state index contributed by atoms with van der Waals surface area (Å²) in [5, 5.41) is 3.05. The standard InChI is InChI=1S/C72H137N2O7P/c1-7-10-13-16-19-22-25-28-30-32-34-36-37-39-40-42-44-46-49-52-55-58-61-64-71(75)73-69(68-80-82(77,78)79-67-66-74(4,5)6)70(63-60-57-54-51-48-27-24-21-18-15-12-9-3)81-72(76)65-62-59-56-53-50-47-45-43-41-38-35-33-31-29-26-23-20-17-14-11-8-2/h20,23,28-31,60,63,69-70H,7-19,21-22,24-27,32-59,61-62,64-68H2,1-6H3,(H-,73,75,77,78)/b23-20-,30-28+,31-29-,63-60+. The van der Waals surface area contributed by atoms with Gasteiger partial charge in [0.15, 0.2) is 0 Å². The number of hydrogen-bond donors (Lipinski definition) is 1. The molecule has 0 saturated heterocycles. The molecule has 3 unspecified atom stereocenters. The molecule has 0 aromatic heterocycles. The summed E-state index contributed by atoms with van der Waals surface area (Å²) in [5.41, 5.74) is 0. The summed E-state index contributed by atoms with van der Waals surface area (Å²) in [6, 6.07) is -0.888. The van der Waals surface area contributed by atoms with Crippen LogP contribution < -0.4 is 10.2 Å². The molecule has 1 amide bonds. The molecule has 482 valence electrons. The van der Waals surface area contributed by atoms with Crippen LogP contribution in [0.2, 0.25) is 0 Å². The van der Waals surface area contributed by atoms with E-state index in [4.69, 9.17) is 13.8 Å². The lowest BCUT2D eigenvalue weighted by Crippen LogP contribution is -2.47. The van der Waals surface area contributed by atoms with Gasteiger partial charge >= 0.3 is 5.97 Å². The lowest BCUT2D eigenvalue weighted by Gasteiger charge is -2.30. The predicted octanol–water partition coefficient (Wildman–Crippen LogP) is 21.8. The van der Waals surface area contributed by atoms with Crippen molar-refractivity contribution < 1.29 is 37.3 Å². The van der Waals surface area contributed by atoms with Crippen molar-refractivity contribution in [2.45, 2.75) is 360 Å². The molecular weight excluding hydrogens is 1040 g/mol. The molecule has 0 fully saturated rings. The van der Waals surface area contributed by atoms with E-state index in [0.717, 1.165) is 64.2 Å². The highest BCUT2D eigenvalue weighted by molar-refractivity contribution is 7.45. The highest BCUT2D eigenvalue weighted by atomic mass is 31.2. The number of esters is 1.